The number of carbonyl (C=O) groups excluding carboxylic acids is 1. The van der Waals surface area contributed by atoms with Crippen LogP contribution in [-0.4, -0.2) is 36.5 Å². The van der Waals surface area contributed by atoms with Gasteiger partial charge in [-0.3, -0.25) is 4.79 Å². The molecule has 1 heterocycles. The van der Waals surface area contributed by atoms with Gasteiger partial charge in [0.1, 0.15) is 5.75 Å². The van der Waals surface area contributed by atoms with Crippen LogP contribution < -0.4 is 10.5 Å². The van der Waals surface area contributed by atoms with Crippen molar-refractivity contribution in [2.75, 3.05) is 19.7 Å². The number of benzene rings is 1. The zero-order valence-corrected chi connectivity index (χ0v) is 14.3. The number of nitrogens with two attached hydrogens (primary N) is 1. The number of carbonyl (C=O) groups is 1. The second kappa shape index (κ2) is 9.01. The van der Waals surface area contributed by atoms with E-state index in [-0.39, 0.29) is 24.4 Å². The van der Waals surface area contributed by atoms with E-state index in [0.717, 1.165) is 37.2 Å². The van der Waals surface area contributed by atoms with Crippen molar-refractivity contribution in [2.24, 2.45) is 11.7 Å². The van der Waals surface area contributed by atoms with E-state index in [1.165, 1.54) is 0 Å². The van der Waals surface area contributed by atoms with E-state index < -0.39 is 0 Å². The average molecular weight is 327 g/mol. The summed E-state index contributed by atoms with van der Waals surface area (Å²) in [6, 6.07) is 8.05. The summed E-state index contributed by atoms with van der Waals surface area (Å²) >= 11 is 0. The number of rotatable bonds is 5. The van der Waals surface area contributed by atoms with E-state index >= 15 is 0 Å². The monoisotopic (exact) mass is 326 g/mol. The number of aryl methyl sites for hydroxylation is 1. The number of hydrogen-bond donors (Lipinski definition) is 1. The van der Waals surface area contributed by atoms with Crippen molar-refractivity contribution in [1.82, 2.24) is 4.90 Å². The Morgan fingerprint density at radius 3 is 2.95 bits per heavy atom. The number of piperidine rings is 1. The van der Waals surface area contributed by atoms with Crippen molar-refractivity contribution in [2.45, 2.75) is 39.2 Å². The Hall–Kier alpha value is -1.26. The molecule has 2 N–H and O–H groups in total. The van der Waals surface area contributed by atoms with Crippen LogP contribution in [0.25, 0.3) is 0 Å². The molecule has 4 nitrogen and oxygen atoms in total. The molecule has 124 valence electrons. The van der Waals surface area contributed by atoms with Gasteiger partial charge < -0.3 is 15.4 Å². The van der Waals surface area contributed by atoms with Crippen LogP contribution in [0, 0.1) is 12.8 Å². The summed E-state index contributed by atoms with van der Waals surface area (Å²) in [4.78, 5) is 14.2. The topological polar surface area (TPSA) is 55.6 Å². The molecule has 1 aromatic rings. The van der Waals surface area contributed by atoms with Gasteiger partial charge in [-0.05, 0) is 50.3 Å². The molecule has 2 atom stereocenters. The van der Waals surface area contributed by atoms with E-state index in [1.54, 1.807) is 0 Å². The number of halogens is 1. The standard InChI is InChI=1S/C17H26N2O2.ClH/c1-13-5-3-7-16(11-13)21-10-8-17(20)19-9-4-6-15(12-19)14(2)18;/h3,5,7,11,14-15H,4,6,8-10,12,18H2,1-2H3;1H. The van der Waals surface area contributed by atoms with Crippen LogP contribution in [0.2, 0.25) is 0 Å². The zero-order chi connectivity index (χ0) is 15.2. The summed E-state index contributed by atoms with van der Waals surface area (Å²) < 4.78 is 5.65. The van der Waals surface area contributed by atoms with Crippen LogP contribution in [0.5, 0.6) is 5.75 Å². The molecule has 0 spiro atoms. The smallest absolute Gasteiger partial charge is 0.226 e. The van der Waals surface area contributed by atoms with Crippen molar-refractivity contribution < 1.29 is 9.53 Å². The molecular formula is C17H27ClN2O2. The number of amides is 1. The third kappa shape index (κ3) is 5.50. The highest BCUT2D eigenvalue weighted by Crippen LogP contribution is 2.19. The lowest BCUT2D eigenvalue weighted by molar-refractivity contribution is -0.133. The van der Waals surface area contributed by atoms with Crippen molar-refractivity contribution in [3.05, 3.63) is 29.8 Å². The Bertz CT molecular complexity index is 479. The van der Waals surface area contributed by atoms with Gasteiger partial charge in [0, 0.05) is 19.1 Å². The molecule has 1 aliphatic rings. The van der Waals surface area contributed by atoms with Gasteiger partial charge in [0.2, 0.25) is 5.91 Å². The number of nitrogens with zero attached hydrogens (tertiary/aromatic N) is 1. The van der Waals surface area contributed by atoms with E-state index in [9.17, 15) is 4.79 Å². The SMILES string of the molecule is Cc1cccc(OCCC(=O)N2CCCC(C(C)N)C2)c1.Cl. The predicted octanol–water partition coefficient (Wildman–Crippen LogP) is 2.77. The first-order valence-corrected chi connectivity index (χ1v) is 7.79. The molecule has 1 saturated heterocycles. The third-order valence-corrected chi connectivity index (χ3v) is 4.13. The van der Waals surface area contributed by atoms with Gasteiger partial charge in [0.05, 0.1) is 13.0 Å². The second-order valence-corrected chi connectivity index (χ2v) is 6.02. The Labute approximate surface area is 139 Å². The highest BCUT2D eigenvalue weighted by molar-refractivity contribution is 5.85. The summed E-state index contributed by atoms with van der Waals surface area (Å²) in [5.41, 5.74) is 7.12. The highest BCUT2D eigenvalue weighted by Gasteiger charge is 2.25. The molecule has 1 amide bonds. The third-order valence-electron chi connectivity index (χ3n) is 4.13. The molecule has 2 unspecified atom stereocenters. The summed E-state index contributed by atoms with van der Waals surface area (Å²) in [6.45, 7) is 6.13. The largest absolute Gasteiger partial charge is 0.493 e. The summed E-state index contributed by atoms with van der Waals surface area (Å²) in [5.74, 6) is 1.43. The molecular weight excluding hydrogens is 300 g/mol. The molecule has 0 saturated carbocycles. The minimum atomic E-state index is 0. The van der Waals surface area contributed by atoms with Crippen LogP contribution in [0.3, 0.4) is 0 Å². The van der Waals surface area contributed by atoms with Crippen LogP contribution in [0.15, 0.2) is 24.3 Å². The minimum Gasteiger partial charge on any atom is -0.493 e. The fourth-order valence-electron chi connectivity index (χ4n) is 2.79. The van der Waals surface area contributed by atoms with Gasteiger partial charge in [-0.2, -0.15) is 0 Å². The van der Waals surface area contributed by atoms with Crippen LogP contribution in [-0.2, 0) is 4.79 Å². The first-order valence-electron chi connectivity index (χ1n) is 7.79. The van der Waals surface area contributed by atoms with Gasteiger partial charge in [0.15, 0.2) is 0 Å². The second-order valence-electron chi connectivity index (χ2n) is 6.02. The van der Waals surface area contributed by atoms with E-state index in [1.807, 2.05) is 43.0 Å². The van der Waals surface area contributed by atoms with Gasteiger partial charge in [-0.25, -0.2) is 0 Å². The zero-order valence-electron chi connectivity index (χ0n) is 13.5. The molecule has 0 bridgehead atoms. The van der Waals surface area contributed by atoms with Gasteiger partial charge in [-0.15, -0.1) is 12.4 Å². The van der Waals surface area contributed by atoms with Crippen molar-refractivity contribution in [3.63, 3.8) is 0 Å². The maximum atomic E-state index is 12.2. The maximum absolute atomic E-state index is 12.2. The lowest BCUT2D eigenvalue weighted by Gasteiger charge is -2.34. The van der Waals surface area contributed by atoms with Gasteiger partial charge in [-0.1, -0.05) is 12.1 Å². The average Bonchev–Trinajstić information content (AvgIpc) is 2.47. The van der Waals surface area contributed by atoms with Crippen LogP contribution in [0.4, 0.5) is 0 Å². The number of ether oxygens (including phenoxy) is 1. The first-order chi connectivity index (χ1) is 10.1. The first kappa shape index (κ1) is 18.8. The molecule has 1 aromatic carbocycles. The Morgan fingerprint density at radius 2 is 2.27 bits per heavy atom. The summed E-state index contributed by atoms with van der Waals surface area (Å²) in [7, 11) is 0. The molecule has 0 aromatic heterocycles. The minimum absolute atomic E-state index is 0. The van der Waals surface area contributed by atoms with Crippen molar-refractivity contribution in [1.29, 1.82) is 0 Å². The number of hydrogen-bond acceptors (Lipinski definition) is 3. The summed E-state index contributed by atoms with van der Waals surface area (Å²) in [6.07, 6.45) is 2.61. The molecule has 1 fully saturated rings. The van der Waals surface area contributed by atoms with Crippen LogP contribution in [0.1, 0.15) is 31.7 Å². The Morgan fingerprint density at radius 1 is 1.50 bits per heavy atom. The quantitative estimate of drug-likeness (QED) is 0.905. The fraction of sp³-hybridized carbons (Fsp3) is 0.588. The highest BCUT2D eigenvalue weighted by atomic mass is 35.5. The number of likely N-dealkylation sites (tertiary alicyclic amines) is 1. The van der Waals surface area contributed by atoms with Crippen molar-refractivity contribution in [3.8, 4) is 5.75 Å². The Kier molecular flexibility index (Phi) is 7.69. The summed E-state index contributed by atoms with van der Waals surface area (Å²) in [5, 5.41) is 0. The Balaban J connectivity index is 0.00000242. The van der Waals surface area contributed by atoms with E-state index in [2.05, 4.69) is 0 Å². The molecule has 5 heteroatoms. The van der Waals surface area contributed by atoms with Gasteiger partial charge >= 0.3 is 0 Å². The molecule has 0 aliphatic carbocycles. The fourth-order valence-corrected chi connectivity index (χ4v) is 2.79. The van der Waals surface area contributed by atoms with Gasteiger partial charge in [0.25, 0.3) is 0 Å². The van der Waals surface area contributed by atoms with E-state index in [4.69, 9.17) is 10.5 Å². The maximum Gasteiger partial charge on any atom is 0.226 e. The predicted molar refractivity (Wildman–Crippen MR) is 91.5 cm³/mol. The molecule has 2 rings (SSSR count). The lowest BCUT2D eigenvalue weighted by atomic mass is 9.92. The molecule has 22 heavy (non-hydrogen) atoms. The lowest BCUT2D eigenvalue weighted by Crippen LogP contribution is -2.45. The van der Waals surface area contributed by atoms with E-state index in [0.29, 0.717) is 18.9 Å². The normalized spacial score (nSPS) is 19.2. The van der Waals surface area contributed by atoms with Crippen molar-refractivity contribution >= 4 is 18.3 Å². The molecule has 0 radical (unpaired) electrons. The molecule has 1 aliphatic heterocycles. The van der Waals surface area contributed by atoms with Crippen LogP contribution >= 0.6 is 12.4 Å².